The highest BCUT2D eigenvalue weighted by molar-refractivity contribution is 6.06. The smallest absolute Gasteiger partial charge is 0.0379 e. The molecule has 0 spiro atoms. The number of halogens is 1. The Kier molecular flexibility index (Phi) is 3.82. The molecule has 0 aliphatic heterocycles. The van der Waals surface area contributed by atoms with Gasteiger partial charge in [-0.3, -0.25) is 4.98 Å². The lowest BCUT2D eigenvalue weighted by Gasteiger charge is -2.03. The van der Waals surface area contributed by atoms with Crippen LogP contribution in [0.4, 0.5) is 0 Å². The second-order valence-corrected chi connectivity index (χ2v) is 5.39. The van der Waals surface area contributed by atoms with Crippen molar-refractivity contribution in [1.29, 1.82) is 0 Å². The molecule has 1 nitrogen and oxygen atoms in total. The molecule has 1 aromatic heterocycles. The predicted octanol–water partition coefficient (Wildman–Crippen LogP) is 5.38. The van der Waals surface area contributed by atoms with Crippen LogP contribution in [0.3, 0.4) is 0 Å². The first-order valence-corrected chi connectivity index (χ1v) is 7.16. The summed E-state index contributed by atoms with van der Waals surface area (Å²) in [4.78, 5) is 4.48. The lowest BCUT2D eigenvalue weighted by Crippen LogP contribution is -1.86. The van der Waals surface area contributed by atoms with Gasteiger partial charge in [0.15, 0.2) is 0 Å². The fraction of sp³-hybridized carbons (Fsp3) is 0.0500. The lowest BCUT2D eigenvalue weighted by atomic mass is 10.0. The first-order chi connectivity index (χ1) is 10.3. The molecule has 0 saturated heterocycles. The summed E-state index contributed by atoms with van der Waals surface area (Å²) in [5, 5.41) is 0. The molecule has 2 aromatic carbocycles. The van der Waals surface area contributed by atoms with E-state index in [1.54, 1.807) is 0 Å². The van der Waals surface area contributed by atoms with E-state index >= 15 is 0 Å². The van der Waals surface area contributed by atoms with E-state index in [-0.39, 0.29) is 12.4 Å². The summed E-state index contributed by atoms with van der Waals surface area (Å²) in [5.41, 5.74) is 8.66. The van der Waals surface area contributed by atoms with Crippen molar-refractivity contribution in [1.82, 2.24) is 4.98 Å². The van der Waals surface area contributed by atoms with E-state index in [0.717, 1.165) is 5.69 Å². The molecule has 0 radical (unpaired) electrons. The first-order valence-electron chi connectivity index (χ1n) is 7.16. The maximum absolute atomic E-state index is 4.48. The number of hydrogen-bond acceptors (Lipinski definition) is 1. The van der Waals surface area contributed by atoms with E-state index in [4.69, 9.17) is 0 Å². The first kappa shape index (κ1) is 14.6. The van der Waals surface area contributed by atoms with Crippen molar-refractivity contribution in [3.8, 4) is 11.1 Å². The molecule has 4 rings (SSSR count). The van der Waals surface area contributed by atoms with Crippen LogP contribution >= 0.6 is 12.4 Å². The van der Waals surface area contributed by atoms with Gasteiger partial charge < -0.3 is 0 Å². The summed E-state index contributed by atoms with van der Waals surface area (Å²) < 4.78 is 0. The summed E-state index contributed by atoms with van der Waals surface area (Å²) in [7, 11) is 0. The van der Waals surface area contributed by atoms with E-state index < -0.39 is 0 Å². The third-order valence-corrected chi connectivity index (χ3v) is 3.95. The molecule has 0 unspecified atom stereocenters. The van der Waals surface area contributed by atoms with Gasteiger partial charge in [-0.2, -0.15) is 0 Å². The van der Waals surface area contributed by atoms with E-state index in [9.17, 15) is 0 Å². The molecule has 108 valence electrons. The van der Waals surface area contributed by atoms with Gasteiger partial charge in [0.05, 0.1) is 0 Å². The number of aromatic nitrogens is 1. The largest absolute Gasteiger partial charge is 0.261 e. The molecule has 0 amide bonds. The topological polar surface area (TPSA) is 12.9 Å². The normalized spacial score (nSPS) is 13.4. The van der Waals surface area contributed by atoms with Crippen molar-refractivity contribution in [2.45, 2.75) is 6.92 Å². The molecule has 0 atom stereocenters. The second-order valence-electron chi connectivity index (χ2n) is 5.39. The molecule has 0 bridgehead atoms. The zero-order chi connectivity index (χ0) is 14.2. The minimum Gasteiger partial charge on any atom is -0.261 e. The van der Waals surface area contributed by atoms with Gasteiger partial charge in [-0.25, -0.2) is 0 Å². The summed E-state index contributed by atoms with van der Waals surface area (Å²) in [6.45, 7) is 2.04. The fourth-order valence-corrected chi connectivity index (χ4v) is 2.97. The average Bonchev–Trinajstić information content (AvgIpc) is 2.82. The summed E-state index contributed by atoms with van der Waals surface area (Å²) in [5.74, 6) is 0. The highest BCUT2D eigenvalue weighted by Gasteiger charge is 2.23. The summed E-state index contributed by atoms with van der Waals surface area (Å²) in [6.07, 6.45) is 4.25. The van der Waals surface area contributed by atoms with Crippen LogP contribution in [0.5, 0.6) is 0 Å². The highest BCUT2D eigenvalue weighted by Crippen LogP contribution is 2.44. The minimum absolute atomic E-state index is 0. The molecule has 1 heterocycles. The number of benzene rings is 2. The van der Waals surface area contributed by atoms with Gasteiger partial charge in [0.25, 0.3) is 0 Å². The SMILES string of the molecule is Cc1cc2c(cn1)/C(=C\c1ccccc1)c1ccccc1-2.Cl. The molecule has 0 fully saturated rings. The maximum atomic E-state index is 4.48. The minimum atomic E-state index is 0. The zero-order valence-electron chi connectivity index (χ0n) is 12.3. The summed E-state index contributed by atoms with van der Waals surface area (Å²) in [6, 6.07) is 21.2. The van der Waals surface area contributed by atoms with Crippen molar-refractivity contribution in [2.24, 2.45) is 0 Å². The average molecular weight is 306 g/mol. The Bertz CT molecular complexity index is 851. The van der Waals surface area contributed by atoms with Crippen molar-refractivity contribution in [3.63, 3.8) is 0 Å². The van der Waals surface area contributed by atoms with Gasteiger partial charge in [-0.1, -0.05) is 54.6 Å². The molecule has 0 N–H and O–H groups in total. The number of pyridine rings is 1. The van der Waals surface area contributed by atoms with Gasteiger partial charge >= 0.3 is 0 Å². The van der Waals surface area contributed by atoms with Crippen molar-refractivity contribution >= 4 is 24.1 Å². The molecular weight excluding hydrogens is 290 g/mol. The van der Waals surface area contributed by atoms with Gasteiger partial charge in [0, 0.05) is 17.5 Å². The van der Waals surface area contributed by atoms with Crippen LogP contribution in [0.25, 0.3) is 22.8 Å². The Hall–Kier alpha value is -2.38. The number of rotatable bonds is 1. The maximum Gasteiger partial charge on any atom is 0.0379 e. The molecular formula is C20H16ClN. The third kappa shape index (κ3) is 2.34. The van der Waals surface area contributed by atoms with Crippen LogP contribution in [0.15, 0.2) is 66.9 Å². The fourth-order valence-electron chi connectivity index (χ4n) is 2.97. The van der Waals surface area contributed by atoms with E-state index in [1.165, 1.54) is 33.4 Å². The number of hydrogen-bond donors (Lipinski definition) is 0. The van der Waals surface area contributed by atoms with Crippen LogP contribution in [0.1, 0.15) is 22.4 Å². The zero-order valence-corrected chi connectivity index (χ0v) is 13.1. The predicted molar refractivity (Wildman–Crippen MR) is 95.1 cm³/mol. The van der Waals surface area contributed by atoms with Gasteiger partial charge in [0.2, 0.25) is 0 Å². The third-order valence-electron chi connectivity index (χ3n) is 3.95. The Morgan fingerprint density at radius 2 is 1.45 bits per heavy atom. The Morgan fingerprint density at radius 3 is 2.23 bits per heavy atom. The quantitative estimate of drug-likeness (QED) is 0.460. The van der Waals surface area contributed by atoms with Crippen LogP contribution < -0.4 is 0 Å². The highest BCUT2D eigenvalue weighted by atomic mass is 35.5. The van der Waals surface area contributed by atoms with Crippen LogP contribution in [0.2, 0.25) is 0 Å². The van der Waals surface area contributed by atoms with Crippen molar-refractivity contribution in [2.75, 3.05) is 0 Å². The van der Waals surface area contributed by atoms with E-state index in [0.29, 0.717) is 0 Å². The number of fused-ring (bicyclic) bond motifs is 3. The second kappa shape index (κ2) is 5.78. The molecule has 2 heteroatoms. The van der Waals surface area contributed by atoms with E-state index in [2.05, 4.69) is 65.7 Å². The Morgan fingerprint density at radius 1 is 0.773 bits per heavy atom. The van der Waals surface area contributed by atoms with Gasteiger partial charge in [0.1, 0.15) is 0 Å². The number of nitrogens with zero attached hydrogens (tertiary/aromatic N) is 1. The number of aryl methyl sites for hydroxylation is 1. The Labute approximate surface area is 136 Å². The van der Waals surface area contributed by atoms with Crippen LogP contribution in [-0.4, -0.2) is 4.98 Å². The molecule has 1 aliphatic rings. The van der Waals surface area contributed by atoms with Crippen LogP contribution in [-0.2, 0) is 0 Å². The monoisotopic (exact) mass is 305 g/mol. The standard InChI is InChI=1S/C20H15N.ClH/c1-14-11-18-16-9-5-6-10-17(16)19(20(18)13-21-14)12-15-7-3-2-4-8-15;/h2-13H,1H3;1H/b19-12-;. The molecule has 0 saturated carbocycles. The molecule has 3 aromatic rings. The van der Waals surface area contributed by atoms with E-state index in [1.807, 2.05) is 19.2 Å². The van der Waals surface area contributed by atoms with Crippen molar-refractivity contribution < 1.29 is 0 Å². The lowest BCUT2D eigenvalue weighted by molar-refractivity contribution is 1.20. The molecule has 22 heavy (non-hydrogen) atoms. The summed E-state index contributed by atoms with van der Waals surface area (Å²) >= 11 is 0. The van der Waals surface area contributed by atoms with Gasteiger partial charge in [-0.05, 0) is 46.9 Å². The van der Waals surface area contributed by atoms with Gasteiger partial charge in [-0.15, -0.1) is 12.4 Å². The van der Waals surface area contributed by atoms with Crippen molar-refractivity contribution in [3.05, 3.63) is 89.2 Å². The molecule has 1 aliphatic carbocycles. The van der Waals surface area contributed by atoms with Crippen LogP contribution in [0, 0.1) is 6.92 Å². The Balaban J connectivity index is 0.00000144.